The van der Waals surface area contributed by atoms with Crippen LogP contribution in [0, 0.1) is 28.6 Å². The van der Waals surface area contributed by atoms with E-state index in [2.05, 4.69) is 23.3 Å². The van der Waals surface area contributed by atoms with E-state index in [9.17, 15) is 9.90 Å². The maximum absolute atomic E-state index is 12.2. The number of methoxy groups -OCH3 is 1. The lowest BCUT2D eigenvalue weighted by atomic mass is 9.46. The van der Waals surface area contributed by atoms with Crippen LogP contribution in [-0.2, 0) is 9.53 Å². The van der Waals surface area contributed by atoms with E-state index in [4.69, 9.17) is 9.47 Å². The molecule has 6 heteroatoms. The van der Waals surface area contributed by atoms with Crippen LogP contribution in [0.2, 0.25) is 0 Å². The van der Waals surface area contributed by atoms with Crippen molar-refractivity contribution in [2.75, 3.05) is 20.3 Å². The first-order valence-electron chi connectivity index (χ1n) is 16.2. The van der Waals surface area contributed by atoms with E-state index in [0.717, 1.165) is 56.3 Å². The fourth-order valence-corrected chi connectivity index (χ4v) is 9.84. The number of fused-ring (bicyclic) bond motifs is 5. The van der Waals surface area contributed by atoms with Gasteiger partial charge in [-0.25, -0.2) is 0 Å². The predicted molar refractivity (Wildman–Crippen MR) is 156 cm³/mol. The molecule has 0 aliphatic heterocycles. The van der Waals surface area contributed by atoms with Gasteiger partial charge in [-0.3, -0.25) is 9.78 Å². The van der Waals surface area contributed by atoms with Crippen LogP contribution in [0.4, 0.5) is 0 Å². The van der Waals surface area contributed by atoms with E-state index in [1.807, 2.05) is 18.5 Å². The van der Waals surface area contributed by atoms with Crippen molar-refractivity contribution in [3.8, 4) is 5.75 Å². The highest BCUT2D eigenvalue weighted by molar-refractivity contribution is 5.91. The van der Waals surface area contributed by atoms with Crippen LogP contribution in [0.25, 0.3) is 0 Å². The van der Waals surface area contributed by atoms with Gasteiger partial charge in [-0.2, -0.15) is 0 Å². The third-order valence-electron chi connectivity index (χ3n) is 12.0. The zero-order valence-electron chi connectivity index (χ0n) is 24.7. The molecular formula is C34H50N2O4. The number of aliphatic hydroxyl groups is 1. The summed E-state index contributed by atoms with van der Waals surface area (Å²) in [4.78, 5) is 16.7. The Balaban J connectivity index is 1.12. The summed E-state index contributed by atoms with van der Waals surface area (Å²) in [7, 11) is 1.76. The number of hydrogen-bond donors (Lipinski definition) is 2. The van der Waals surface area contributed by atoms with Gasteiger partial charge in [0.1, 0.15) is 5.75 Å². The van der Waals surface area contributed by atoms with Crippen molar-refractivity contribution in [1.29, 1.82) is 0 Å². The maximum atomic E-state index is 12.2. The number of rotatable bonds is 9. The number of allylic oxidation sites excluding steroid dienone is 1. The number of aliphatic hydroxyl groups excluding tert-OH is 1. The molecule has 1 aromatic heterocycles. The minimum absolute atomic E-state index is 0.0462. The van der Waals surface area contributed by atoms with Gasteiger partial charge in [-0.1, -0.05) is 31.8 Å². The molecule has 220 valence electrons. The lowest BCUT2D eigenvalue weighted by Gasteiger charge is -2.58. The van der Waals surface area contributed by atoms with E-state index in [0.29, 0.717) is 49.2 Å². The average Bonchev–Trinajstić information content (AvgIpc) is 3.30. The topological polar surface area (TPSA) is 80.7 Å². The normalized spacial score (nSPS) is 36.8. The highest BCUT2D eigenvalue weighted by Crippen LogP contribution is 2.66. The smallest absolute Gasteiger partial charge is 0.155 e. The quantitative estimate of drug-likeness (QED) is 0.374. The monoisotopic (exact) mass is 550 g/mol. The highest BCUT2D eigenvalue weighted by Gasteiger charge is 2.60. The lowest BCUT2D eigenvalue weighted by molar-refractivity contribution is -0.118. The van der Waals surface area contributed by atoms with E-state index < -0.39 is 0 Å². The highest BCUT2D eigenvalue weighted by atomic mass is 16.5. The van der Waals surface area contributed by atoms with E-state index in [1.165, 1.54) is 44.1 Å². The van der Waals surface area contributed by atoms with E-state index >= 15 is 0 Å². The SMILES string of the molecule is COCC(NC1CCCCC1)c1cncc(OCC[C@]23CCC4C(CCC5=CC(=O)CC[C@@]54C)C2CCC3O)c1. The van der Waals surface area contributed by atoms with Crippen molar-refractivity contribution in [3.63, 3.8) is 0 Å². The number of hydrogen-bond acceptors (Lipinski definition) is 6. The first kappa shape index (κ1) is 28.4. The fourth-order valence-electron chi connectivity index (χ4n) is 9.84. The van der Waals surface area contributed by atoms with Crippen LogP contribution < -0.4 is 10.1 Å². The summed E-state index contributed by atoms with van der Waals surface area (Å²) in [5.74, 6) is 2.97. The minimum Gasteiger partial charge on any atom is -0.492 e. The summed E-state index contributed by atoms with van der Waals surface area (Å²) in [5, 5.41) is 15.2. The molecule has 0 amide bonds. The fraction of sp³-hybridized carbons (Fsp3) is 0.765. The molecule has 5 aliphatic rings. The maximum Gasteiger partial charge on any atom is 0.155 e. The van der Waals surface area contributed by atoms with Crippen molar-refractivity contribution in [2.45, 2.75) is 115 Å². The Morgan fingerprint density at radius 2 is 1.90 bits per heavy atom. The van der Waals surface area contributed by atoms with Crippen molar-refractivity contribution < 1.29 is 19.4 Å². The van der Waals surface area contributed by atoms with Crippen LogP contribution >= 0.6 is 0 Å². The number of pyridine rings is 1. The lowest BCUT2D eigenvalue weighted by Crippen LogP contribution is -2.52. The number of nitrogens with one attached hydrogen (secondary N) is 1. The molecule has 0 radical (unpaired) electrons. The molecule has 7 atom stereocenters. The van der Waals surface area contributed by atoms with Gasteiger partial charge in [0, 0.05) is 31.2 Å². The summed E-state index contributed by atoms with van der Waals surface area (Å²) in [5.41, 5.74) is 2.66. The molecular weight excluding hydrogens is 500 g/mol. The van der Waals surface area contributed by atoms with Crippen LogP contribution in [0.3, 0.4) is 0 Å². The second kappa shape index (κ2) is 11.9. The Bertz CT molecular complexity index is 1080. The number of carbonyl (C=O) groups excluding carboxylic acids is 1. The summed E-state index contributed by atoms with van der Waals surface area (Å²) in [6, 6.07) is 2.78. The predicted octanol–water partition coefficient (Wildman–Crippen LogP) is 6.33. The molecule has 0 saturated heterocycles. The van der Waals surface area contributed by atoms with Crippen LogP contribution in [0.1, 0.15) is 108 Å². The number of nitrogens with zero attached hydrogens (tertiary/aromatic N) is 1. The average molecular weight is 551 g/mol. The molecule has 1 aromatic rings. The molecule has 1 heterocycles. The Morgan fingerprint density at radius 1 is 1.05 bits per heavy atom. The largest absolute Gasteiger partial charge is 0.492 e. The van der Waals surface area contributed by atoms with Crippen molar-refractivity contribution in [3.05, 3.63) is 35.7 Å². The second-order valence-corrected chi connectivity index (χ2v) is 13.9. The Hall–Kier alpha value is -1.76. The number of aromatic nitrogens is 1. The van der Waals surface area contributed by atoms with Crippen molar-refractivity contribution in [2.24, 2.45) is 28.6 Å². The third kappa shape index (κ3) is 5.29. The molecule has 2 N–H and O–H groups in total. The Labute approximate surface area is 240 Å². The molecule has 6 nitrogen and oxygen atoms in total. The van der Waals surface area contributed by atoms with Gasteiger partial charge in [-0.05, 0) is 105 Å². The van der Waals surface area contributed by atoms with Crippen LogP contribution in [0.15, 0.2) is 30.1 Å². The minimum atomic E-state index is -0.241. The zero-order valence-corrected chi connectivity index (χ0v) is 24.7. The van der Waals surface area contributed by atoms with E-state index in [-0.39, 0.29) is 23.0 Å². The zero-order chi connectivity index (χ0) is 27.7. The van der Waals surface area contributed by atoms with Gasteiger partial charge < -0.3 is 19.9 Å². The summed E-state index contributed by atoms with van der Waals surface area (Å²) < 4.78 is 12.0. The summed E-state index contributed by atoms with van der Waals surface area (Å²) in [6.45, 7) is 3.66. The third-order valence-corrected chi connectivity index (χ3v) is 12.0. The van der Waals surface area contributed by atoms with Crippen molar-refractivity contribution >= 4 is 5.78 Å². The first-order chi connectivity index (χ1) is 19.4. The number of carbonyl (C=O) groups is 1. The number of ketones is 1. The van der Waals surface area contributed by atoms with Gasteiger partial charge in [0.2, 0.25) is 0 Å². The molecule has 4 fully saturated rings. The molecule has 40 heavy (non-hydrogen) atoms. The van der Waals surface area contributed by atoms with Gasteiger partial charge in [0.25, 0.3) is 0 Å². The van der Waals surface area contributed by atoms with Gasteiger partial charge in [0.05, 0.1) is 31.6 Å². The van der Waals surface area contributed by atoms with E-state index in [1.54, 1.807) is 7.11 Å². The Kier molecular flexibility index (Phi) is 8.40. The molecule has 4 saturated carbocycles. The second-order valence-electron chi connectivity index (χ2n) is 13.9. The van der Waals surface area contributed by atoms with Crippen molar-refractivity contribution in [1.82, 2.24) is 10.3 Å². The molecule has 5 unspecified atom stereocenters. The Morgan fingerprint density at radius 3 is 2.73 bits per heavy atom. The molecule has 0 aromatic carbocycles. The number of ether oxygens (including phenoxy) is 2. The van der Waals surface area contributed by atoms with Gasteiger partial charge in [0.15, 0.2) is 5.78 Å². The summed E-state index contributed by atoms with van der Waals surface area (Å²) in [6.07, 6.45) is 21.0. The standard InChI is InChI=1S/C34H50N2O4/c1-33-14-12-26(37)19-24(33)8-9-28-29(33)13-15-34(30(28)10-11-32(34)38)16-17-40-27-18-23(20-35-21-27)31(22-39-2)36-25-6-4-3-5-7-25/h18-21,25,28-32,36,38H,3-17,22H2,1-2H3/t28?,29?,30?,31?,32?,33-,34+/m0/s1. The molecule has 0 spiro atoms. The van der Waals surface area contributed by atoms with Gasteiger partial charge >= 0.3 is 0 Å². The molecule has 5 aliphatic carbocycles. The molecule has 6 rings (SSSR count). The summed E-state index contributed by atoms with van der Waals surface area (Å²) >= 11 is 0. The van der Waals surface area contributed by atoms with Crippen LogP contribution in [-0.4, -0.2) is 48.3 Å². The molecule has 0 bridgehead atoms. The first-order valence-corrected chi connectivity index (χ1v) is 16.2. The van der Waals surface area contributed by atoms with Gasteiger partial charge in [-0.15, -0.1) is 0 Å². The van der Waals surface area contributed by atoms with Crippen LogP contribution in [0.5, 0.6) is 5.75 Å².